The normalized spacial score (nSPS) is 12.4. The van der Waals surface area contributed by atoms with Gasteiger partial charge in [-0.2, -0.15) is 0 Å². The van der Waals surface area contributed by atoms with E-state index in [0.29, 0.717) is 0 Å². The molecule has 250 valence electrons. The third-order valence-corrected chi connectivity index (χ3v) is 12.9. The fraction of sp³-hybridized carbons (Fsp3) is 0. The highest BCUT2D eigenvalue weighted by molar-refractivity contribution is 7.25. The second kappa shape index (κ2) is 10.4. The maximum absolute atomic E-state index is 2.53. The highest BCUT2D eigenvalue weighted by atomic mass is 32.1. The van der Waals surface area contributed by atoms with E-state index in [4.69, 9.17) is 0 Å². The summed E-state index contributed by atoms with van der Waals surface area (Å²) in [6.07, 6.45) is 0. The van der Waals surface area contributed by atoms with Crippen LogP contribution in [0.25, 0.3) is 113 Å². The first kappa shape index (κ1) is 28.7. The summed E-state index contributed by atoms with van der Waals surface area (Å²) in [7, 11) is 0. The van der Waals surface area contributed by atoms with Gasteiger partial charge in [0, 0.05) is 69.6 Å². The SMILES string of the molecule is c1ccc2c(c1)sc1ccc(-n3c4cc(-n5c6ccccc6c6ccccc65)cc5ccc6cc(-n7c8ccccc8c8ccccc87)cc3c6c54)cc12. The predicted octanol–water partition coefficient (Wildman–Crippen LogP) is 13.9. The number of nitrogens with zero attached hydrogens (tertiary/aromatic N) is 3. The standard InChI is InChI=1S/C50H29N3S/c1-6-16-41-35(11-1)36-12-2-7-17-42(36)52(41)33-25-30-21-22-31-26-34(53-43-18-8-3-13-37(43)38-14-4-9-19-44(38)53)29-46-50(31)49(30)45(28-33)51(46)32-23-24-48-40(27-32)39-15-5-10-20-47(39)54-48/h1-29H. The Balaban J connectivity index is 1.19. The van der Waals surface area contributed by atoms with Crippen molar-refractivity contribution in [3.63, 3.8) is 0 Å². The molecule has 4 aromatic heterocycles. The minimum atomic E-state index is 1.16. The summed E-state index contributed by atoms with van der Waals surface area (Å²) in [5.41, 5.74) is 10.8. The summed E-state index contributed by atoms with van der Waals surface area (Å²) in [5, 5.41) is 12.8. The second-order valence-corrected chi connectivity index (χ2v) is 15.6. The first-order valence-electron chi connectivity index (χ1n) is 18.5. The van der Waals surface area contributed by atoms with Gasteiger partial charge in [0.15, 0.2) is 0 Å². The Hall–Kier alpha value is -6.88. The predicted molar refractivity (Wildman–Crippen MR) is 231 cm³/mol. The van der Waals surface area contributed by atoms with Gasteiger partial charge in [-0.3, -0.25) is 0 Å². The largest absolute Gasteiger partial charge is 0.309 e. The fourth-order valence-corrected chi connectivity index (χ4v) is 10.6. The molecule has 0 amide bonds. The molecular weight excluding hydrogens is 675 g/mol. The van der Waals surface area contributed by atoms with Crippen molar-refractivity contribution < 1.29 is 0 Å². The van der Waals surface area contributed by atoms with Gasteiger partial charge >= 0.3 is 0 Å². The van der Waals surface area contributed by atoms with E-state index in [1.165, 1.54) is 102 Å². The minimum Gasteiger partial charge on any atom is -0.309 e. The van der Waals surface area contributed by atoms with Crippen LogP contribution in [0.3, 0.4) is 0 Å². The van der Waals surface area contributed by atoms with E-state index in [2.05, 4.69) is 190 Å². The van der Waals surface area contributed by atoms with Crippen LogP contribution in [0.15, 0.2) is 176 Å². The molecule has 0 atom stereocenters. The lowest BCUT2D eigenvalue weighted by molar-refractivity contribution is 1.15. The molecule has 9 aromatic carbocycles. The average Bonchev–Trinajstić information content (AvgIpc) is 3.96. The van der Waals surface area contributed by atoms with Gasteiger partial charge in [-0.1, -0.05) is 103 Å². The number of aromatic nitrogens is 3. The molecule has 0 aliphatic rings. The minimum absolute atomic E-state index is 1.16. The summed E-state index contributed by atoms with van der Waals surface area (Å²) < 4.78 is 10.1. The van der Waals surface area contributed by atoms with Crippen LogP contribution in [0, 0.1) is 0 Å². The van der Waals surface area contributed by atoms with E-state index in [9.17, 15) is 0 Å². The Labute approximate surface area is 313 Å². The lowest BCUT2D eigenvalue weighted by atomic mass is 10.0. The second-order valence-electron chi connectivity index (χ2n) is 14.5. The lowest BCUT2D eigenvalue weighted by Gasteiger charge is -2.13. The molecule has 0 spiro atoms. The molecule has 13 rings (SSSR count). The quantitative estimate of drug-likeness (QED) is 0.163. The van der Waals surface area contributed by atoms with E-state index in [1.54, 1.807) is 0 Å². The monoisotopic (exact) mass is 703 g/mol. The summed E-state index contributed by atoms with van der Waals surface area (Å²) in [6.45, 7) is 0. The molecule has 0 bridgehead atoms. The van der Waals surface area contributed by atoms with Gasteiger partial charge in [0.2, 0.25) is 0 Å². The zero-order chi connectivity index (χ0) is 35.1. The molecule has 0 saturated heterocycles. The molecule has 0 aliphatic heterocycles. The van der Waals surface area contributed by atoms with Crippen molar-refractivity contribution in [2.45, 2.75) is 0 Å². The fourth-order valence-electron chi connectivity index (χ4n) is 9.53. The molecule has 4 heteroatoms. The van der Waals surface area contributed by atoms with Crippen molar-refractivity contribution in [3.8, 4) is 17.1 Å². The zero-order valence-electron chi connectivity index (χ0n) is 29.0. The van der Waals surface area contributed by atoms with E-state index in [0.717, 1.165) is 11.4 Å². The topological polar surface area (TPSA) is 14.8 Å². The summed E-state index contributed by atoms with van der Waals surface area (Å²) in [4.78, 5) is 0. The van der Waals surface area contributed by atoms with Crippen LogP contribution in [0.4, 0.5) is 0 Å². The first-order chi connectivity index (χ1) is 26.8. The van der Waals surface area contributed by atoms with Crippen LogP contribution in [0.5, 0.6) is 0 Å². The highest BCUT2D eigenvalue weighted by Gasteiger charge is 2.22. The number of hydrogen-bond donors (Lipinski definition) is 0. The number of thiophene rings is 1. The summed E-state index contributed by atoms with van der Waals surface area (Å²) in [6, 6.07) is 65.3. The zero-order valence-corrected chi connectivity index (χ0v) is 29.8. The van der Waals surface area contributed by atoms with Gasteiger partial charge in [0.25, 0.3) is 0 Å². The van der Waals surface area contributed by atoms with Gasteiger partial charge in [-0.05, 0) is 83.6 Å². The van der Waals surface area contributed by atoms with Crippen LogP contribution in [-0.2, 0) is 0 Å². The lowest BCUT2D eigenvalue weighted by Crippen LogP contribution is -1.98. The van der Waals surface area contributed by atoms with Crippen molar-refractivity contribution in [1.29, 1.82) is 0 Å². The van der Waals surface area contributed by atoms with Crippen LogP contribution in [0.2, 0.25) is 0 Å². The summed E-state index contributed by atoms with van der Waals surface area (Å²) in [5.74, 6) is 0. The molecule has 0 N–H and O–H groups in total. The number of benzene rings is 9. The highest BCUT2D eigenvalue weighted by Crippen LogP contribution is 2.45. The maximum atomic E-state index is 2.53. The molecule has 54 heavy (non-hydrogen) atoms. The van der Waals surface area contributed by atoms with Gasteiger partial charge in [0.1, 0.15) is 0 Å². The Morgan fingerprint density at radius 2 is 0.685 bits per heavy atom. The number of para-hydroxylation sites is 4. The molecule has 3 nitrogen and oxygen atoms in total. The van der Waals surface area contributed by atoms with E-state index < -0.39 is 0 Å². The molecule has 0 aliphatic carbocycles. The van der Waals surface area contributed by atoms with Crippen molar-refractivity contribution >= 4 is 108 Å². The Morgan fingerprint density at radius 1 is 0.278 bits per heavy atom. The Morgan fingerprint density at radius 3 is 1.19 bits per heavy atom. The number of rotatable bonds is 3. The van der Waals surface area contributed by atoms with Crippen molar-refractivity contribution in [2.75, 3.05) is 0 Å². The third-order valence-electron chi connectivity index (χ3n) is 11.7. The van der Waals surface area contributed by atoms with Gasteiger partial charge in [-0.25, -0.2) is 0 Å². The average molecular weight is 704 g/mol. The van der Waals surface area contributed by atoms with Crippen LogP contribution in [-0.4, -0.2) is 13.7 Å². The van der Waals surface area contributed by atoms with Crippen LogP contribution in [0.1, 0.15) is 0 Å². The molecule has 0 fully saturated rings. The molecular formula is C50H29N3S. The van der Waals surface area contributed by atoms with Gasteiger partial charge in [0.05, 0.1) is 33.1 Å². The number of fused-ring (bicyclic) bond motifs is 9. The van der Waals surface area contributed by atoms with Gasteiger partial charge < -0.3 is 13.7 Å². The molecule has 0 saturated carbocycles. The first-order valence-corrected chi connectivity index (χ1v) is 19.3. The van der Waals surface area contributed by atoms with Crippen molar-refractivity contribution in [1.82, 2.24) is 13.7 Å². The molecule has 13 aromatic rings. The van der Waals surface area contributed by atoms with E-state index >= 15 is 0 Å². The van der Waals surface area contributed by atoms with Crippen molar-refractivity contribution in [2.24, 2.45) is 0 Å². The van der Waals surface area contributed by atoms with E-state index in [-0.39, 0.29) is 0 Å². The van der Waals surface area contributed by atoms with Crippen LogP contribution < -0.4 is 0 Å². The molecule has 0 radical (unpaired) electrons. The smallest absolute Gasteiger partial charge is 0.0568 e. The van der Waals surface area contributed by atoms with Crippen LogP contribution >= 0.6 is 11.3 Å². The Bertz CT molecular complexity index is 3390. The molecule has 4 heterocycles. The Kier molecular flexibility index (Phi) is 5.51. The number of hydrogen-bond acceptors (Lipinski definition) is 1. The molecule has 0 unspecified atom stereocenters. The summed E-state index contributed by atoms with van der Waals surface area (Å²) >= 11 is 1.87. The maximum Gasteiger partial charge on any atom is 0.0568 e. The van der Waals surface area contributed by atoms with Crippen molar-refractivity contribution in [3.05, 3.63) is 176 Å². The van der Waals surface area contributed by atoms with E-state index in [1.807, 2.05) is 11.3 Å². The van der Waals surface area contributed by atoms with Gasteiger partial charge in [-0.15, -0.1) is 11.3 Å². The third kappa shape index (κ3) is 3.70.